The van der Waals surface area contributed by atoms with E-state index in [1.807, 2.05) is 0 Å². The van der Waals surface area contributed by atoms with Gasteiger partial charge in [0, 0.05) is 25.2 Å². The van der Waals surface area contributed by atoms with Crippen LogP contribution in [-0.4, -0.2) is 55.8 Å². The fourth-order valence-electron chi connectivity index (χ4n) is 3.08. The van der Waals surface area contributed by atoms with Crippen molar-refractivity contribution in [2.45, 2.75) is 64.8 Å². The first-order chi connectivity index (χ1) is 15.5. The number of aromatic nitrogens is 1. The fraction of sp³-hybridized carbons (Fsp3) is 0.522. The minimum Gasteiger partial charge on any atom is -0.462 e. The SMILES string of the molecule is CCCCCN(C(=O)c1cccc(S(=O)(=O)N(C)C(C)C)c1)c1nc(C)c(C(=O)OCC)s1. The Morgan fingerprint density at radius 1 is 1.18 bits per heavy atom. The van der Waals surface area contributed by atoms with Crippen molar-refractivity contribution in [2.24, 2.45) is 0 Å². The number of carbonyl (C=O) groups excluding carboxylic acids is 2. The van der Waals surface area contributed by atoms with Crippen LogP contribution in [0.15, 0.2) is 29.2 Å². The molecule has 8 nitrogen and oxygen atoms in total. The normalized spacial score (nSPS) is 11.8. The van der Waals surface area contributed by atoms with Crippen LogP contribution in [0.5, 0.6) is 0 Å². The number of carbonyl (C=O) groups is 2. The number of hydrogen-bond donors (Lipinski definition) is 0. The van der Waals surface area contributed by atoms with E-state index in [9.17, 15) is 18.0 Å². The second kappa shape index (κ2) is 11.7. The van der Waals surface area contributed by atoms with Crippen LogP contribution in [0.2, 0.25) is 0 Å². The molecule has 10 heteroatoms. The average Bonchev–Trinajstić information content (AvgIpc) is 3.17. The van der Waals surface area contributed by atoms with Gasteiger partial charge in [0.1, 0.15) is 4.88 Å². The first-order valence-corrected chi connectivity index (χ1v) is 13.3. The molecular weight excluding hydrogens is 462 g/mol. The molecule has 0 fully saturated rings. The smallest absolute Gasteiger partial charge is 0.350 e. The number of aryl methyl sites for hydroxylation is 1. The molecule has 1 aromatic heterocycles. The molecule has 0 aliphatic heterocycles. The van der Waals surface area contributed by atoms with E-state index in [0.717, 1.165) is 30.6 Å². The lowest BCUT2D eigenvalue weighted by molar-refractivity contribution is 0.0531. The number of thiazole rings is 1. The average molecular weight is 496 g/mol. The van der Waals surface area contributed by atoms with Gasteiger partial charge in [0.05, 0.1) is 17.2 Å². The van der Waals surface area contributed by atoms with E-state index in [1.165, 1.54) is 28.4 Å². The van der Waals surface area contributed by atoms with E-state index < -0.39 is 16.0 Å². The summed E-state index contributed by atoms with van der Waals surface area (Å²) in [5.41, 5.74) is 0.742. The molecule has 2 rings (SSSR count). The van der Waals surface area contributed by atoms with E-state index in [-0.39, 0.29) is 29.0 Å². The van der Waals surface area contributed by atoms with Crippen molar-refractivity contribution in [3.63, 3.8) is 0 Å². The number of benzene rings is 1. The van der Waals surface area contributed by atoms with Gasteiger partial charge in [-0.15, -0.1) is 0 Å². The van der Waals surface area contributed by atoms with Crippen molar-refractivity contribution < 1.29 is 22.7 Å². The predicted molar refractivity (Wildman–Crippen MR) is 131 cm³/mol. The minimum atomic E-state index is -3.74. The summed E-state index contributed by atoms with van der Waals surface area (Å²) in [7, 11) is -2.22. The second-order valence-electron chi connectivity index (χ2n) is 7.94. The van der Waals surface area contributed by atoms with Gasteiger partial charge in [-0.1, -0.05) is 37.2 Å². The van der Waals surface area contributed by atoms with Gasteiger partial charge < -0.3 is 4.74 Å². The maximum Gasteiger partial charge on any atom is 0.350 e. The number of nitrogens with zero attached hydrogens (tertiary/aromatic N) is 3. The first kappa shape index (κ1) is 26.9. The van der Waals surface area contributed by atoms with Gasteiger partial charge in [-0.25, -0.2) is 18.2 Å². The predicted octanol–water partition coefficient (Wildman–Crippen LogP) is 4.49. The van der Waals surface area contributed by atoms with Crippen LogP contribution in [0.4, 0.5) is 5.13 Å². The van der Waals surface area contributed by atoms with Crippen LogP contribution >= 0.6 is 11.3 Å². The molecule has 2 aromatic rings. The molecule has 1 amide bonds. The molecule has 0 saturated carbocycles. The highest BCUT2D eigenvalue weighted by Crippen LogP contribution is 2.29. The number of ether oxygens (including phenoxy) is 1. The highest BCUT2D eigenvalue weighted by atomic mass is 32.2. The summed E-state index contributed by atoms with van der Waals surface area (Å²) in [4.78, 5) is 32.1. The Balaban J connectivity index is 2.45. The van der Waals surface area contributed by atoms with Crippen LogP contribution in [0, 0.1) is 6.92 Å². The number of anilines is 1. The van der Waals surface area contributed by atoms with Crippen molar-refractivity contribution in [3.05, 3.63) is 40.4 Å². The standard InChI is InChI=1S/C23H33N3O5S2/c1-7-9-10-14-26(23-24-17(5)20(32-23)22(28)31-8-2)21(27)18-12-11-13-19(15-18)33(29,30)25(6)16(3)4/h11-13,15-16H,7-10,14H2,1-6H3. The van der Waals surface area contributed by atoms with Gasteiger partial charge in [-0.3, -0.25) is 9.69 Å². The molecule has 0 spiro atoms. The Bertz CT molecular complexity index is 1080. The molecule has 33 heavy (non-hydrogen) atoms. The van der Waals surface area contributed by atoms with Crippen LogP contribution in [0.1, 0.15) is 72.7 Å². The molecule has 0 saturated heterocycles. The van der Waals surface area contributed by atoms with E-state index in [2.05, 4.69) is 11.9 Å². The summed E-state index contributed by atoms with van der Waals surface area (Å²) < 4.78 is 32.2. The Hall–Kier alpha value is -2.30. The summed E-state index contributed by atoms with van der Waals surface area (Å²) in [6.45, 7) is 9.73. The zero-order valence-corrected chi connectivity index (χ0v) is 21.8. The molecule has 0 aliphatic rings. The van der Waals surface area contributed by atoms with Crippen LogP contribution in [0.3, 0.4) is 0 Å². The number of sulfonamides is 1. The molecule has 0 N–H and O–H groups in total. The van der Waals surface area contributed by atoms with Crippen molar-refractivity contribution >= 4 is 38.4 Å². The zero-order valence-electron chi connectivity index (χ0n) is 20.1. The highest BCUT2D eigenvalue weighted by molar-refractivity contribution is 7.89. The van der Waals surface area contributed by atoms with E-state index in [0.29, 0.717) is 22.2 Å². The molecule has 0 unspecified atom stereocenters. The quantitative estimate of drug-likeness (QED) is 0.336. The zero-order chi connectivity index (χ0) is 24.8. The molecule has 0 radical (unpaired) electrons. The van der Waals surface area contributed by atoms with Gasteiger partial charge >= 0.3 is 5.97 Å². The van der Waals surface area contributed by atoms with E-state index >= 15 is 0 Å². The van der Waals surface area contributed by atoms with Gasteiger partial charge in [0.25, 0.3) is 5.91 Å². The molecule has 182 valence electrons. The Labute approximate surface area is 200 Å². The number of amides is 1. The van der Waals surface area contributed by atoms with Gasteiger partial charge in [-0.2, -0.15) is 4.31 Å². The molecule has 0 bridgehead atoms. The lowest BCUT2D eigenvalue weighted by atomic mass is 10.2. The third-order valence-corrected chi connectivity index (χ3v) is 8.38. The maximum atomic E-state index is 13.5. The number of esters is 1. The van der Waals surface area contributed by atoms with Crippen LogP contribution in [0.25, 0.3) is 0 Å². The van der Waals surface area contributed by atoms with Crippen molar-refractivity contribution in [2.75, 3.05) is 25.1 Å². The summed E-state index contributed by atoms with van der Waals surface area (Å²) in [5.74, 6) is -0.830. The van der Waals surface area contributed by atoms with Crippen molar-refractivity contribution in [3.8, 4) is 0 Å². The Morgan fingerprint density at radius 3 is 2.48 bits per heavy atom. The monoisotopic (exact) mass is 495 g/mol. The Morgan fingerprint density at radius 2 is 1.88 bits per heavy atom. The van der Waals surface area contributed by atoms with Crippen molar-refractivity contribution in [1.82, 2.24) is 9.29 Å². The van der Waals surface area contributed by atoms with Gasteiger partial charge in [-0.05, 0) is 52.3 Å². The summed E-state index contributed by atoms with van der Waals surface area (Å²) in [6.07, 6.45) is 2.65. The molecule has 1 aromatic carbocycles. The minimum absolute atomic E-state index is 0.0561. The van der Waals surface area contributed by atoms with Gasteiger partial charge in [0.15, 0.2) is 5.13 Å². The van der Waals surface area contributed by atoms with Crippen LogP contribution < -0.4 is 4.90 Å². The van der Waals surface area contributed by atoms with Gasteiger partial charge in [0.2, 0.25) is 10.0 Å². The lowest BCUT2D eigenvalue weighted by Gasteiger charge is -2.22. The lowest BCUT2D eigenvalue weighted by Crippen LogP contribution is -2.34. The second-order valence-corrected chi connectivity index (χ2v) is 10.9. The number of hydrogen-bond acceptors (Lipinski definition) is 7. The third kappa shape index (κ3) is 6.39. The topological polar surface area (TPSA) is 96.9 Å². The van der Waals surface area contributed by atoms with E-state index in [4.69, 9.17) is 4.74 Å². The summed E-state index contributed by atoms with van der Waals surface area (Å²) >= 11 is 1.11. The number of rotatable bonds is 11. The summed E-state index contributed by atoms with van der Waals surface area (Å²) in [6, 6.07) is 5.82. The molecule has 0 atom stereocenters. The first-order valence-electron chi connectivity index (χ1n) is 11.1. The molecular formula is C23H33N3O5S2. The summed E-state index contributed by atoms with van der Waals surface area (Å²) in [5, 5.41) is 0.393. The molecule has 0 aliphatic carbocycles. The number of unbranched alkanes of at least 4 members (excludes halogenated alkanes) is 2. The third-order valence-electron chi connectivity index (χ3n) is 5.19. The van der Waals surface area contributed by atoms with E-state index in [1.54, 1.807) is 39.8 Å². The fourth-order valence-corrected chi connectivity index (χ4v) is 5.48. The maximum absolute atomic E-state index is 13.5. The van der Waals surface area contributed by atoms with Crippen LogP contribution in [-0.2, 0) is 14.8 Å². The molecule has 1 heterocycles. The largest absolute Gasteiger partial charge is 0.462 e. The Kier molecular flexibility index (Phi) is 9.57. The highest BCUT2D eigenvalue weighted by Gasteiger charge is 2.27. The van der Waals surface area contributed by atoms with Crippen molar-refractivity contribution in [1.29, 1.82) is 0 Å².